The standard InChI is InChI=1S/C23H18ClFN4O/c24-16-3-10-21-20(13-16)27-22-14-28(11-12-29(21)22)19-8-6-18(7-9-19)26-23(30)15-1-4-17(25)5-2-15/h1-10,13H,11-12,14H2,(H,26,30). The van der Waals surface area contributed by atoms with Gasteiger partial charge in [-0.1, -0.05) is 11.6 Å². The van der Waals surface area contributed by atoms with E-state index in [4.69, 9.17) is 16.6 Å². The molecule has 0 atom stereocenters. The number of anilines is 2. The molecule has 1 aromatic heterocycles. The summed E-state index contributed by atoms with van der Waals surface area (Å²) in [6, 6.07) is 19.0. The normalized spacial score (nSPS) is 13.3. The molecule has 30 heavy (non-hydrogen) atoms. The summed E-state index contributed by atoms with van der Waals surface area (Å²) in [6.45, 7) is 2.41. The topological polar surface area (TPSA) is 50.2 Å². The van der Waals surface area contributed by atoms with Gasteiger partial charge in [-0.05, 0) is 66.7 Å². The molecule has 0 fully saturated rings. The highest BCUT2D eigenvalue weighted by Crippen LogP contribution is 2.27. The van der Waals surface area contributed by atoms with Gasteiger partial charge in [-0.15, -0.1) is 0 Å². The smallest absolute Gasteiger partial charge is 0.255 e. The molecule has 5 nitrogen and oxygen atoms in total. The molecule has 0 unspecified atom stereocenters. The molecule has 1 amide bonds. The monoisotopic (exact) mass is 420 g/mol. The number of rotatable bonds is 3. The van der Waals surface area contributed by atoms with Crippen molar-refractivity contribution in [2.75, 3.05) is 16.8 Å². The largest absolute Gasteiger partial charge is 0.362 e. The van der Waals surface area contributed by atoms with Gasteiger partial charge in [0.2, 0.25) is 0 Å². The summed E-state index contributed by atoms with van der Waals surface area (Å²) in [6.07, 6.45) is 0. The summed E-state index contributed by atoms with van der Waals surface area (Å²) in [4.78, 5) is 19.3. The third kappa shape index (κ3) is 3.50. The molecular weight excluding hydrogens is 403 g/mol. The minimum absolute atomic E-state index is 0.270. The van der Waals surface area contributed by atoms with Crippen LogP contribution >= 0.6 is 11.6 Å². The van der Waals surface area contributed by atoms with Crippen LogP contribution in [0.5, 0.6) is 0 Å². The van der Waals surface area contributed by atoms with Gasteiger partial charge < -0.3 is 14.8 Å². The van der Waals surface area contributed by atoms with Crippen molar-refractivity contribution in [2.45, 2.75) is 13.1 Å². The van der Waals surface area contributed by atoms with Crippen LogP contribution in [0.4, 0.5) is 15.8 Å². The average molecular weight is 421 g/mol. The van der Waals surface area contributed by atoms with E-state index in [2.05, 4.69) is 14.8 Å². The number of halogens is 2. The van der Waals surface area contributed by atoms with Crippen molar-refractivity contribution in [1.82, 2.24) is 9.55 Å². The molecule has 5 rings (SSSR count). The van der Waals surface area contributed by atoms with Gasteiger partial charge in [0.15, 0.2) is 0 Å². The number of fused-ring (bicyclic) bond motifs is 3. The maximum atomic E-state index is 13.0. The Labute approximate surface area is 177 Å². The second-order valence-electron chi connectivity index (χ2n) is 7.24. The molecule has 0 bridgehead atoms. The van der Waals surface area contributed by atoms with Gasteiger partial charge in [0.05, 0.1) is 17.6 Å². The molecule has 1 aliphatic rings. The Bertz CT molecular complexity index is 1230. The molecular formula is C23H18ClFN4O. The van der Waals surface area contributed by atoms with Gasteiger partial charge in [0, 0.05) is 35.1 Å². The first kappa shape index (κ1) is 18.6. The highest BCUT2D eigenvalue weighted by Gasteiger charge is 2.20. The Morgan fingerprint density at radius 1 is 1.00 bits per heavy atom. The van der Waals surface area contributed by atoms with Crippen molar-refractivity contribution < 1.29 is 9.18 Å². The van der Waals surface area contributed by atoms with Crippen molar-refractivity contribution in [2.24, 2.45) is 0 Å². The first-order valence-electron chi connectivity index (χ1n) is 9.63. The molecule has 0 aliphatic carbocycles. The van der Waals surface area contributed by atoms with Crippen LogP contribution < -0.4 is 10.2 Å². The number of hydrogen-bond donors (Lipinski definition) is 1. The van der Waals surface area contributed by atoms with Gasteiger partial charge in [0.25, 0.3) is 5.91 Å². The first-order valence-corrected chi connectivity index (χ1v) is 10.0. The Morgan fingerprint density at radius 3 is 2.53 bits per heavy atom. The molecule has 0 saturated carbocycles. The van der Waals surface area contributed by atoms with Crippen LogP contribution in [-0.4, -0.2) is 22.0 Å². The van der Waals surface area contributed by atoms with E-state index in [0.717, 1.165) is 35.6 Å². The first-order chi connectivity index (χ1) is 14.6. The maximum Gasteiger partial charge on any atom is 0.255 e. The lowest BCUT2D eigenvalue weighted by atomic mass is 10.2. The van der Waals surface area contributed by atoms with Gasteiger partial charge in [-0.3, -0.25) is 4.79 Å². The molecule has 2 heterocycles. The minimum Gasteiger partial charge on any atom is -0.362 e. The van der Waals surface area contributed by atoms with E-state index < -0.39 is 0 Å². The average Bonchev–Trinajstić information content (AvgIpc) is 3.11. The quantitative estimate of drug-likeness (QED) is 0.501. The second kappa shape index (κ2) is 7.46. The molecule has 1 N–H and O–H groups in total. The fourth-order valence-electron chi connectivity index (χ4n) is 3.77. The zero-order valence-electron chi connectivity index (χ0n) is 16.0. The summed E-state index contributed by atoms with van der Waals surface area (Å²) in [5, 5.41) is 3.53. The summed E-state index contributed by atoms with van der Waals surface area (Å²) in [5.41, 5.74) is 4.18. The molecule has 1 aliphatic heterocycles. The number of nitrogens with one attached hydrogen (secondary N) is 1. The van der Waals surface area contributed by atoms with Crippen LogP contribution in [0.3, 0.4) is 0 Å². The van der Waals surface area contributed by atoms with Gasteiger partial charge in [-0.25, -0.2) is 9.37 Å². The summed E-state index contributed by atoms with van der Waals surface area (Å²) in [7, 11) is 0. The Morgan fingerprint density at radius 2 is 1.77 bits per heavy atom. The van der Waals surface area contributed by atoms with E-state index in [9.17, 15) is 9.18 Å². The maximum absolute atomic E-state index is 13.0. The number of benzene rings is 3. The third-order valence-corrected chi connectivity index (χ3v) is 5.55. The van der Waals surface area contributed by atoms with Crippen molar-refractivity contribution in [3.05, 3.63) is 89.0 Å². The molecule has 0 saturated heterocycles. The molecule has 7 heteroatoms. The summed E-state index contributed by atoms with van der Waals surface area (Å²) < 4.78 is 15.3. The van der Waals surface area contributed by atoms with E-state index in [1.54, 1.807) is 0 Å². The fourth-order valence-corrected chi connectivity index (χ4v) is 3.94. The van der Waals surface area contributed by atoms with Gasteiger partial charge in [0.1, 0.15) is 11.6 Å². The van der Waals surface area contributed by atoms with E-state index in [1.165, 1.54) is 24.3 Å². The highest BCUT2D eigenvalue weighted by atomic mass is 35.5. The minimum atomic E-state index is -0.367. The SMILES string of the molecule is O=C(Nc1ccc(N2CCn3c(nc4cc(Cl)ccc43)C2)cc1)c1ccc(F)cc1. The van der Waals surface area contributed by atoms with Crippen LogP contribution in [0.2, 0.25) is 5.02 Å². The lowest BCUT2D eigenvalue weighted by molar-refractivity contribution is 0.102. The van der Waals surface area contributed by atoms with E-state index in [1.807, 2.05) is 42.5 Å². The predicted molar refractivity (Wildman–Crippen MR) is 117 cm³/mol. The van der Waals surface area contributed by atoms with Crippen LogP contribution in [-0.2, 0) is 13.1 Å². The van der Waals surface area contributed by atoms with Crippen LogP contribution in [0, 0.1) is 5.82 Å². The number of aromatic nitrogens is 2. The second-order valence-corrected chi connectivity index (χ2v) is 7.68. The zero-order chi connectivity index (χ0) is 20.7. The molecule has 4 aromatic rings. The third-order valence-electron chi connectivity index (χ3n) is 5.31. The van der Waals surface area contributed by atoms with E-state index in [0.29, 0.717) is 22.8 Å². The Balaban J connectivity index is 1.31. The van der Waals surface area contributed by atoms with Crippen molar-refractivity contribution >= 4 is 39.9 Å². The van der Waals surface area contributed by atoms with E-state index in [-0.39, 0.29) is 11.7 Å². The number of carbonyl (C=O) groups excluding carboxylic acids is 1. The Hall–Kier alpha value is -3.38. The van der Waals surface area contributed by atoms with Crippen molar-refractivity contribution in [1.29, 1.82) is 0 Å². The number of carbonyl (C=O) groups is 1. The lowest BCUT2D eigenvalue weighted by Crippen LogP contribution is -2.33. The molecule has 0 spiro atoms. The zero-order valence-corrected chi connectivity index (χ0v) is 16.7. The van der Waals surface area contributed by atoms with E-state index >= 15 is 0 Å². The predicted octanol–water partition coefficient (Wildman–Crippen LogP) is 5.10. The molecule has 150 valence electrons. The number of imidazole rings is 1. The van der Waals surface area contributed by atoms with Crippen LogP contribution in [0.1, 0.15) is 16.2 Å². The molecule has 3 aromatic carbocycles. The number of nitrogens with zero attached hydrogens (tertiary/aromatic N) is 3. The van der Waals surface area contributed by atoms with Crippen molar-refractivity contribution in [3.8, 4) is 0 Å². The number of amides is 1. The highest BCUT2D eigenvalue weighted by molar-refractivity contribution is 6.31. The van der Waals surface area contributed by atoms with Gasteiger partial charge >= 0.3 is 0 Å². The number of hydrogen-bond acceptors (Lipinski definition) is 3. The lowest BCUT2D eigenvalue weighted by Gasteiger charge is -2.30. The molecule has 0 radical (unpaired) electrons. The summed E-state index contributed by atoms with van der Waals surface area (Å²) in [5.74, 6) is 0.370. The van der Waals surface area contributed by atoms with Crippen LogP contribution in [0.25, 0.3) is 11.0 Å². The fraction of sp³-hybridized carbons (Fsp3) is 0.130. The van der Waals surface area contributed by atoms with Crippen molar-refractivity contribution in [3.63, 3.8) is 0 Å². The summed E-state index contributed by atoms with van der Waals surface area (Å²) >= 11 is 6.10. The van der Waals surface area contributed by atoms with Gasteiger partial charge in [-0.2, -0.15) is 0 Å². The van der Waals surface area contributed by atoms with Crippen LogP contribution in [0.15, 0.2) is 66.7 Å². The Kier molecular flexibility index (Phi) is 4.64.